The minimum atomic E-state index is -0.808. The van der Waals surface area contributed by atoms with Crippen LogP contribution in [0.5, 0.6) is 0 Å². The van der Waals surface area contributed by atoms with E-state index in [1.54, 1.807) is 34.1 Å². The Labute approximate surface area is 204 Å². The predicted octanol–water partition coefficient (Wildman–Crippen LogP) is 4.04. The molecule has 2 atom stereocenters. The highest BCUT2D eigenvalue weighted by Gasteiger charge is 2.47. The molecular weight excluding hydrogens is 452 g/mol. The normalized spacial score (nSPS) is 18.8. The highest BCUT2D eigenvalue weighted by molar-refractivity contribution is 6.30. The van der Waals surface area contributed by atoms with Crippen LogP contribution in [0.1, 0.15) is 44.0 Å². The lowest BCUT2D eigenvalue weighted by molar-refractivity contribution is -0.136. The molecule has 2 aliphatic rings. The van der Waals surface area contributed by atoms with Crippen molar-refractivity contribution in [1.82, 2.24) is 20.4 Å². The summed E-state index contributed by atoms with van der Waals surface area (Å²) in [6.45, 7) is 7.00. The largest absolute Gasteiger partial charge is 0.354 e. The Balaban J connectivity index is 1.74. The summed E-state index contributed by atoms with van der Waals surface area (Å²) in [5, 5.41) is 6.51. The number of hydrogen-bond donors (Lipinski definition) is 2. The topological polar surface area (TPSA) is 81.8 Å². The van der Waals surface area contributed by atoms with E-state index < -0.39 is 12.1 Å². The van der Waals surface area contributed by atoms with Crippen molar-refractivity contribution >= 4 is 29.4 Å². The third kappa shape index (κ3) is 4.53. The van der Waals surface area contributed by atoms with Gasteiger partial charge in [-0.3, -0.25) is 14.5 Å². The second kappa shape index (κ2) is 9.89. The van der Waals surface area contributed by atoms with Crippen LogP contribution < -0.4 is 10.6 Å². The van der Waals surface area contributed by atoms with Crippen molar-refractivity contribution in [3.05, 3.63) is 82.0 Å². The average Bonchev–Trinajstić information content (AvgIpc) is 3.15. The number of nitrogens with one attached hydrogen (secondary N) is 2. The SMILES string of the molecule is CCN1C(=O)N[C@@H](c2ccc(Cl)cc2)C2=C1CN([C@@H](C(=O)NCC(C)C)c1ccccc1)C2=O. The van der Waals surface area contributed by atoms with E-state index >= 15 is 0 Å². The van der Waals surface area contributed by atoms with E-state index in [9.17, 15) is 14.4 Å². The highest BCUT2D eigenvalue weighted by atomic mass is 35.5. The van der Waals surface area contributed by atoms with E-state index in [4.69, 9.17) is 11.6 Å². The van der Waals surface area contributed by atoms with Gasteiger partial charge in [0.25, 0.3) is 5.91 Å². The first-order valence-electron chi connectivity index (χ1n) is 11.5. The van der Waals surface area contributed by atoms with Crippen LogP contribution in [-0.4, -0.2) is 47.3 Å². The number of nitrogens with zero attached hydrogens (tertiary/aromatic N) is 2. The lowest BCUT2D eigenvalue weighted by Crippen LogP contribution is -2.47. The lowest BCUT2D eigenvalue weighted by atomic mass is 9.95. The third-order valence-corrected chi connectivity index (χ3v) is 6.38. The molecule has 0 saturated heterocycles. The summed E-state index contributed by atoms with van der Waals surface area (Å²) in [6.07, 6.45) is 0. The lowest BCUT2D eigenvalue weighted by Gasteiger charge is -2.32. The molecule has 0 unspecified atom stereocenters. The van der Waals surface area contributed by atoms with Crippen molar-refractivity contribution in [2.75, 3.05) is 19.6 Å². The number of carbonyl (C=O) groups is 3. The first kappa shape index (κ1) is 23.8. The van der Waals surface area contributed by atoms with Crippen molar-refractivity contribution in [3.63, 3.8) is 0 Å². The van der Waals surface area contributed by atoms with Gasteiger partial charge in [0.1, 0.15) is 6.04 Å². The maximum atomic E-state index is 13.9. The van der Waals surface area contributed by atoms with Crippen molar-refractivity contribution < 1.29 is 14.4 Å². The van der Waals surface area contributed by atoms with Crippen LogP contribution in [0.4, 0.5) is 4.79 Å². The molecule has 2 heterocycles. The van der Waals surface area contributed by atoms with Gasteiger partial charge >= 0.3 is 6.03 Å². The fourth-order valence-electron chi connectivity index (χ4n) is 4.47. The second-order valence-corrected chi connectivity index (χ2v) is 9.36. The van der Waals surface area contributed by atoms with E-state index in [0.29, 0.717) is 29.4 Å². The Morgan fingerprint density at radius 3 is 2.41 bits per heavy atom. The Bertz CT molecular complexity index is 1110. The molecule has 0 fully saturated rings. The third-order valence-electron chi connectivity index (χ3n) is 6.13. The first-order chi connectivity index (χ1) is 16.3. The molecule has 0 bridgehead atoms. The first-order valence-corrected chi connectivity index (χ1v) is 11.9. The molecule has 2 aromatic rings. The zero-order valence-electron chi connectivity index (χ0n) is 19.5. The van der Waals surface area contributed by atoms with Gasteiger partial charge < -0.3 is 15.5 Å². The number of amides is 4. The van der Waals surface area contributed by atoms with Crippen molar-refractivity contribution in [3.8, 4) is 0 Å². The van der Waals surface area contributed by atoms with Crippen LogP contribution in [0.15, 0.2) is 65.9 Å². The molecule has 0 aromatic heterocycles. The van der Waals surface area contributed by atoms with Gasteiger partial charge in [-0.25, -0.2) is 4.79 Å². The van der Waals surface area contributed by atoms with Gasteiger partial charge in [-0.05, 0) is 36.1 Å². The van der Waals surface area contributed by atoms with Crippen molar-refractivity contribution in [1.29, 1.82) is 0 Å². The fourth-order valence-corrected chi connectivity index (χ4v) is 4.60. The van der Waals surface area contributed by atoms with Crippen LogP contribution in [0.25, 0.3) is 0 Å². The summed E-state index contributed by atoms with van der Waals surface area (Å²) in [7, 11) is 0. The van der Waals surface area contributed by atoms with E-state index in [0.717, 1.165) is 11.1 Å². The molecule has 0 spiro atoms. The van der Waals surface area contributed by atoms with Crippen molar-refractivity contribution in [2.45, 2.75) is 32.9 Å². The van der Waals surface area contributed by atoms with Gasteiger partial charge in [0.2, 0.25) is 5.91 Å². The Kier molecular flexibility index (Phi) is 6.93. The summed E-state index contributed by atoms with van der Waals surface area (Å²) < 4.78 is 0. The molecule has 34 heavy (non-hydrogen) atoms. The van der Waals surface area contributed by atoms with Gasteiger partial charge in [-0.2, -0.15) is 0 Å². The number of urea groups is 1. The zero-order valence-corrected chi connectivity index (χ0v) is 20.3. The summed E-state index contributed by atoms with van der Waals surface area (Å²) in [4.78, 5) is 43.3. The summed E-state index contributed by atoms with van der Waals surface area (Å²) in [5.74, 6) is -0.229. The number of halogens is 1. The molecule has 0 saturated carbocycles. The van der Waals surface area contributed by atoms with Crippen LogP contribution in [0.2, 0.25) is 5.02 Å². The highest BCUT2D eigenvalue weighted by Crippen LogP contribution is 2.39. The number of carbonyl (C=O) groups excluding carboxylic acids is 3. The van der Waals surface area contributed by atoms with E-state index in [2.05, 4.69) is 10.6 Å². The monoisotopic (exact) mass is 480 g/mol. The van der Waals surface area contributed by atoms with Crippen LogP contribution in [0.3, 0.4) is 0 Å². The Morgan fingerprint density at radius 2 is 1.79 bits per heavy atom. The maximum Gasteiger partial charge on any atom is 0.322 e. The molecule has 0 aliphatic carbocycles. The number of benzene rings is 2. The fraction of sp³-hybridized carbons (Fsp3) is 0.346. The van der Waals surface area contributed by atoms with E-state index in [-0.39, 0.29) is 30.3 Å². The van der Waals surface area contributed by atoms with Crippen LogP contribution in [0, 0.1) is 5.92 Å². The molecule has 4 amide bonds. The Morgan fingerprint density at radius 1 is 1.12 bits per heavy atom. The minimum Gasteiger partial charge on any atom is -0.354 e. The van der Waals surface area contributed by atoms with Gasteiger partial charge in [0.05, 0.1) is 23.9 Å². The number of rotatable bonds is 7. The zero-order chi connectivity index (χ0) is 24.4. The van der Waals surface area contributed by atoms with E-state index in [1.807, 2.05) is 51.1 Å². The molecular formula is C26H29ClN4O3. The van der Waals surface area contributed by atoms with Gasteiger partial charge in [-0.15, -0.1) is 0 Å². The maximum absolute atomic E-state index is 13.9. The molecule has 178 valence electrons. The average molecular weight is 481 g/mol. The van der Waals surface area contributed by atoms with Gasteiger partial charge in [-0.1, -0.05) is 67.9 Å². The van der Waals surface area contributed by atoms with Crippen LogP contribution in [-0.2, 0) is 9.59 Å². The quantitative estimate of drug-likeness (QED) is 0.627. The van der Waals surface area contributed by atoms with E-state index in [1.165, 1.54) is 0 Å². The minimum absolute atomic E-state index is 0.175. The van der Waals surface area contributed by atoms with Gasteiger partial charge in [0.15, 0.2) is 0 Å². The smallest absolute Gasteiger partial charge is 0.322 e. The van der Waals surface area contributed by atoms with Gasteiger partial charge in [0, 0.05) is 18.1 Å². The second-order valence-electron chi connectivity index (χ2n) is 8.92. The standard InChI is InChI=1S/C26H29ClN4O3/c1-4-30-20-15-31(23(18-8-6-5-7-9-18)24(32)28-14-16(2)3)25(33)21(20)22(29-26(30)34)17-10-12-19(27)13-11-17/h5-13,16,22-23H,4,14-15H2,1-3H3,(H,28,32)(H,29,34)/t22-,23+/m0/s1. The molecule has 2 aliphatic heterocycles. The molecule has 8 heteroatoms. The van der Waals surface area contributed by atoms with Crippen LogP contribution >= 0.6 is 11.6 Å². The summed E-state index contributed by atoms with van der Waals surface area (Å²) >= 11 is 6.06. The summed E-state index contributed by atoms with van der Waals surface area (Å²) in [5.41, 5.74) is 2.61. The number of likely N-dealkylation sites (N-methyl/N-ethyl adjacent to an activating group) is 1. The molecule has 2 aromatic carbocycles. The van der Waals surface area contributed by atoms with Crippen molar-refractivity contribution in [2.24, 2.45) is 5.92 Å². The summed E-state index contributed by atoms with van der Waals surface area (Å²) in [6, 6.07) is 14.7. The molecule has 4 rings (SSSR count). The Hall–Kier alpha value is -3.32. The molecule has 7 nitrogen and oxygen atoms in total. The molecule has 0 radical (unpaired) electrons. The number of hydrogen-bond acceptors (Lipinski definition) is 3. The predicted molar refractivity (Wildman–Crippen MR) is 131 cm³/mol. The molecule has 2 N–H and O–H groups in total.